The molecule has 0 amide bonds. The minimum absolute atomic E-state index is 0.150. The molecule has 2 aromatic rings. The molecular formula is C8H10ClN5. The zero-order valence-electron chi connectivity index (χ0n) is 7.90. The molecule has 2 rings (SSSR count). The molecule has 0 radical (unpaired) electrons. The second kappa shape index (κ2) is 3.09. The Bertz CT molecular complexity index is 476. The highest BCUT2D eigenvalue weighted by atomic mass is 35.5. The van der Waals surface area contributed by atoms with Crippen molar-refractivity contribution in [3.8, 4) is 0 Å². The molecule has 0 atom stereocenters. The van der Waals surface area contributed by atoms with E-state index in [9.17, 15) is 0 Å². The highest BCUT2D eigenvalue weighted by molar-refractivity contribution is 6.33. The van der Waals surface area contributed by atoms with Crippen LogP contribution in [0.2, 0.25) is 5.15 Å². The van der Waals surface area contributed by atoms with Crippen LogP contribution in [-0.4, -0.2) is 19.5 Å². The predicted octanol–water partition coefficient (Wildman–Crippen LogP) is 1.64. The first kappa shape index (κ1) is 9.21. The van der Waals surface area contributed by atoms with Crippen molar-refractivity contribution in [2.45, 2.75) is 19.9 Å². The van der Waals surface area contributed by atoms with Crippen molar-refractivity contribution in [2.75, 3.05) is 5.73 Å². The number of hydrogen-bond donors (Lipinski definition) is 1. The highest BCUT2D eigenvalue weighted by Gasteiger charge is 2.12. The molecule has 0 aliphatic carbocycles. The molecule has 0 aliphatic heterocycles. The number of aromatic nitrogens is 4. The molecule has 2 N–H and O–H groups in total. The SMILES string of the molecule is CC(C)n1cnc2nc(N)nc(Cl)c21. The smallest absolute Gasteiger partial charge is 0.223 e. The van der Waals surface area contributed by atoms with Gasteiger partial charge in [0.15, 0.2) is 10.8 Å². The zero-order chi connectivity index (χ0) is 10.3. The molecule has 0 fully saturated rings. The van der Waals surface area contributed by atoms with Gasteiger partial charge in [0.1, 0.15) is 5.52 Å². The molecule has 2 aromatic heterocycles. The van der Waals surface area contributed by atoms with Crippen molar-refractivity contribution in [3.05, 3.63) is 11.5 Å². The number of nitrogens with two attached hydrogens (primary N) is 1. The molecule has 0 spiro atoms. The van der Waals surface area contributed by atoms with Gasteiger partial charge < -0.3 is 10.3 Å². The summed E-state index contributed by atoms with van der Waals surface area (Å²) >= 11 is 5.96. The summed E-state index contributed by atoms with van der Waals surface area (Å²) in [4.78, 5) is 12.0. The Labute approximate surface area is 85.9 Å². The molecule has 2 heterocycles. The van der Waals surface area contributed by atoms with E-state index in [1.165, 1.54) is 0 Å². The number of anilines is 1. The zero-order valence-corrected chi connectivity index (χ0v) is 8.65. The fourth-order valence-corrected chi connectivity index (χ4v) is 1.58. The lowest BCUT2D eigenvalue weighted by Crippen LogP contribution is -2.01. The molecule has 0 aliphatic rings. The summed E-state index contributed by atoms with van der Waals surface area (Å²) in [5.74, 6) is 0.150. The van der Waals surface area contributed by atoms with Crippen LogP contribution < -0.4 is 5.73 Å². The first-order valence-corrected chi connectivity index (χ1v) is 4.63. The monoisotopic (exact) mass is 211 g/mol. The second-order valence-electron chi connectivity index (χ2n) is 3.29. The maximum absolute atomic E-state index is 5.96. The molecule has 0 saturated heterocycles. The number of nitrogens with zero attached hydrogens (tertiary/aromatic N) is 4. The van der Waals surface area contributed by atoms with E-state index >= 15 is 0 Å². The summed E-state index contributed by atoms with van der Waals surface area (Å²) in [7, 11) is 0. The average molecular weight is 212 g/mol. The van der Waals surface area contributed by atoms with Crippen molar-refractivity contribution in [3.63, 3.8) is 0 Å². The van der Waals surface area contributed by atoms with Gasteiger partial charge in [0, 0.05) is 6.04 Å². The van der Waals surface area contributed by atoms with Gasteiger partial charge in [-0.3, -0.25) is 0 Å². The molecule has 0 bridgehead atoms. The lowest BCUT2D eigenvalue weighted by Gasteiger charge is -2.07. The molecule has 5 nitrogen and oxygen atoms in total. The standard InChI is InChI=1S/C8H10ClN5/c1-4(2)14-3-11-7-5(14)6(9)12-8(10)13-7/h3-4H,1-2H3,(H2,10,12,13). The summed E-state index contributed by atoms with van der Waals surface area (Å²) in [6, 6.07) is 0.268. The van der Waals surface area contributed by atoms with Crippen LogP contribution >= 0.6 is 11.6 Å². The molecule has 74 valence electrons. The van der Waals surface area contributed by atoms with E-state index < -0.39 is 0 Å². The third kappa shape index (κ3) is 1.29. The highest BCUT2D eigenvalue weighted by Crippen LogP contribution is 2.22. The predicted molar refractivity (Wildman–Crippen MR) is 55.1 cm³/mol. The Morgan fingerprint density at radius 2 is 2.14 bits per heavy atom. The summed E-state index contributed by atoms with van der Waals surface area (Å²) < 4.78 is 1.91. The number of rotatable bonds is 1. The topological polar surface area (TPSA) is 69.6 Å². The fourth-order valence-electron chi connectivity index (χ4n) is 1.31. The molecular weight excluding hydrogens is 202 g/mol. The molecule has 0 unspecified atom stereocenters. The van der Waals surface area contributed by atoms with Gasteiger partial charge in [0.05, 0.1) is 6.33 Å². The van der Waals surface area contributed by atoms with E-state index in [0.717, 1.165) is 5.52 Å². The van der Waals surface area contributed by atoms with Gasteiger partial charge in [-0.1, -0.05) is 11.6 Å². The van der Waals surface area contributed by atoms with Gasteiger partial charge in [-0.25, -0.2) is 4.98 Å². The maximum atomic E-state index is 5.96. The van der Waals surface area contributed by atoms with E-state index in [0.29, 0.717) is 10.8 Å². The van der Waals surface area contributed by atoms with E-state index in [1.807, 2.05) is 18.4 Å². The van der Waals surface area contributed by atoms with Gasteiger partial charge in [-0.15, -0.1) is 0 Å². The van der Waals surface area contributed by atoms with E-state index in [2.05, 4.69) is 15.0 Å². The maximum Gasteiger partial charge on any atom is 0.223 e. The lowest BCUT2D eigenvalue weighted by molar-refractivity contribution is 0.617. The first-order valence-electron chi connectivity index (χ1n) is 4.25. The van der Waals surface area contributed by atoms with Gasteiger partial charge in [0.25, 0.3) is 0 Å². The van der Waals surface area contributed by atoms with Crippen LogP contribution in [0.1, 0.15) is 19.9 Å². The Hall–Kier alpha value is -1.36. The Morgan fingerprint density at radius 1 is 1.43 bits per heavy atom. The summed E-state index contributed by atoms with van der Waals surface area (Å²) in [6.45, 7) is 4.07. The van der Waals surface area contributed by atoms with E-state index in [1.54, 1.807) is 6.33 Å². The number of fused-ring (bicyclic) bond motifs is 1. The Kier molecular flexibility index (Phi) is 2.03. The summed E-state index contributed by atoms with van der Waals surface area (Å²) in [6.07, 6.45) is 1.69. The van der Waals surface area contributed by atoms with E-state index in [-0.39, 0.29) is 12.0 Å². The van der Waals surface area contributed by atoms with Crippen LogP contribution in [0.15, 0.2) is 6.33 Å². The number of halogens is 1. The third-order valence-corrected chi connectivity index (χ3v) is 2.22. The van der Waals surface area contributed by atoms with Crippen molar-refractivity contribution in [1.82, 2.24) is 19.5 Å². The van der Waals surface area contributed by atoms with Crippen LogP contribution in [0, 0.1) is 0 Å². The van der Waals surface area contributed by atoms with Crippen LogP contribution in [0.4, 0.5) is 5.95 Å². The fraction of sp³-hybridized carbons (Fsp3) is 0.375. The number of nitrogen functional groups attached to an aromatic ring is 1. The molecule has 0 aromatic carbocycles. The van der Waals surface area contributed by atoms with Crippen LogP contribution in [0.5, 0.6) is 0 Å². The van der Waals surface area contributed by atoms with Gasteiger partial charge in [0.2, 0.25) is 5.95 Å². The van der Waals surface area contributed by atoms with Crippen LogP contribution in [-0.2, 0) is 0 Å². The van der Waals surface area contributed by atoms with E-state index in [4.69, 9.17) is 17.3 Å². The minimum atomic E-state index is 0.150. The number of imidazole rings is 1. The van der Waals surface area contributed by atoms with Crippen molar-refractivity contribution in [1.29, 1.82) is 0 Å². The summed E-state index contributed by atoms with van der Waals surface area (Å²) in [5, 5.41) is 0.346. The van der Waals surface area contributed by atoms with Crippen LogP contribution in [0.3, 0.4) is 0 Å². The number of hydrogen-bond acceptors (Lipinski definition) is 4. The van der Waals surface area contributed by atoms with Crippen molar-refractivity contribution in [2.24, 2.45) is 0 Å². The molecule has 6 heteroatoms. The van der Waals surface area contributed by atoms with Crippen molar-refractivity contribution >= 4 is 28.7 Å². The third-order valence-electron chi connectivity index (χ3n) is 1.96. The van der Waals surface area contributed by atoms with Crippen LogP contribution in [0.25, 0.3) is 11.2 Å². The van der Waals surface area contributed by atoms with Gasteiger partial charge >= 0.3 is 0 Å². The first-order chi connectivity index (χ1) is 6.59. The molecule has 0 saturated carbocycles. The van der Waals surface area contributed by atoms with Gasteiger partial charge in [-0.05, 0) is 13.8 Å². The van der Waals surface area contributed by atoms with Crippen molar-refractivity contribution < 1.29 is 0 Å². The minimum Gasteiger partial charge on any atom is -0.368 e. The average Bonchev–Trinajstić information content (AvgIpc) is 2.47. The normalized spacial score (nSPS) is 11.4. The Morgan fingerprint density at radius 3 is 2.79 bits per heavy atom. The largest absolute Gasteiger partial charge is 0.368 e. The lowest BCUT2D eigenvalue weighted by atomic mass is 10.4. The summed E-state index contributed by atoms with van der Waals surface area (Å²) in [5.41, 5.74) is 6.72. The molecule has 14 heavy (non-hydrogen) atoms. The second-order valence-corrected chi connectivity index (χ2v) is 3.65. The quantitative estimate of drug-likeness (QED) is 0.728. The Balaban J connectivity index is 2.79. The van der Waals surface area contributed by atoms with Gasteiger partial charge in [-0.2, -0.15) is 9.97 Å².